The third kappa shape index (κ3) is 5.40. The van der Waals surface area contributed by atoms with Crippen molar-refractivity contribution in [2.24, 2.45) is 0 Å². The van der Waals surface area contributed by atoms with Gasteiger partial charge in [-0.15, -0.1) is 0 Å². The fourth-order valence-corrected chi connectivity index (χ4v) is 1.92. The maximum atomic E-state index is 11.3. The number of benzene rings is 1. The van der Waals surface area contributed by atoms with Crippen LogP contribution in [0.4, 0.5) is 0 Å². The molecule has 0 fully saturated rings. The fourth-order valence-electron chi connectivity index (χ4n) is 1.10. The third-order valence-electron chi connectivity index (χ3n) is 1.84. The van der Waals surface area contributed by atoms with Crippen LogP contribution in [-0.4, -0.2) is 18.8 Å². The Kier molecular flexibility index (Phi) is 5.83. The van der Waals surface area contributed by atoms with Crippen LogP contribution in [0.15, 0.2) is 30.3 Å². The third-order valence-corrected chi connectivity index (χ3v) is 3.07. The van der Waals surface area contributed by atoms with Crippen LogP contribution < -0.4 is 0 Å². The Morgan fingerprint density at radius 2 is 2.00 bits per heavy atom. The van der Waals surface area contributed by atoms with Crippen molar-refractivity contribution >= 4 is 14.1 Å². The second kappa shape index (κ2) is 7.27. The summed E-state index contributed by atoms with van der Waals surface area (Å²) in [4.78, 5) is 10.0. The molecule has 0 N–H and O–H groups in total. The average molecular weight is 225 g/mol. The molecule has 0 aliphatic rings. The van der Waals surface area contributed by atoms with Crippen LogP contribution in [0.1, 0.15) is 12.0 Å². The summed E-state index contributed by atoms with van der Waals surface area (Å²) in [6.07, 6.45) is 1.79. The smallest absolute Gasteiger partial charge is 0.333 e. The van der Waals surface area contributed by atoms with E-state index < -0.39 is 7.80 Å². The van der Waals surface area contributed by atoms with Crippen molar-refractivity contribution in [1.29, 1.82) is 0 Å². The molecule has 80 valence electrons. The number of hydrogen-bond acceptors (Lipinski definition) is 3. The SMILES string of the molecule is O=CCC[P+](=O)COCc1ccccc1. The van der Waals surface area contributed by atoms with E-state index in [1.807, 2.05) is 30.3 Å². The van der Waals surface area contributed by atoms with Gasteiger partial charge in [-0.25, -0.2) is 0 Å². The number of rotatable bonds is 7. The molecule has 0 amide bonds. The van der Waals surface area contributed by atoms with Gasteiger partial charge in [0.1, 0.15) is 6.29 Å². The average Bonchev–Trinajstić information content (AvgIpc) is 2.28. The topological polar surface area (TPSA) is 43.4 Å². The van der Waals surface area contributed by atoms with Gasteiger partial charge in [-0.05, 0) is 5.56 Å². The number of carbonyl (C=O) groups excluding carboxylic acids is 1. The minimum atomic E-state index is -1.39. The first-order valence-electron chi connectivity index (χ1n) is 4.80. The summed E-state index contributed by atoms with van der Waals surface area (Å²) in [5.41, 5.74) is 1.07. The van der Waals surface area contributed by atoms with Crippen LogP contribution in [0.5, 0.6) is 0 Å². The molecule has 0 radical (unpaired) electrons. The molecule has 3 nitrogen and oxygen atoms in total. The Balaban J connectivity index is 2.16. The fraction of sp³-hybridized carbons (Fsp3) is 0.364. The molecular formula is C11H14O3P+. The van der Waals surface area contributed by atoms with Gasteiger partial charge in [0, 0.05) is 6.42 Å². The summed E-state index contributed by atoms with van der Waals surface area (Å²) < 4.78 is 16.5. The van der Waals surface area contributed by atoms with Gasteiger partial charge >= 0.3 is 7.80 Å². The second-order valence-corrected chi connectivity index (χ2v) is 4.79. The van der Waals surface area contributed by atoms with Gasteiger partial charge in [0.25, 0.3) is 0 Å². The molecule has 0 bridgehead atoms. The highest BCUT2D eigenvalue weighted by Gasteiger charge is 2.13. The molecular weight excluding hydrogens is 211 g/mol. The summed E-state index contributed by atoms with van der Waals surface area (Å²) in [6, 6.07) is 9.72. The minimum absolute atomic E-state index is 0.234. The largest absolute Gasteiger partial charge is 0.367 e. The van der Waals surface area contributed by atoms with E-state index in [9.17, 15) is 9.36 Å². The van der Waals surface area contributed by atoms with E-state index in [0.717, 1.165) is 11.8 Å². The van der Waals surface area contributed by atoms with Crippen molar-refractivity contribution in [3.63, 3.8) is 0 Å². The maximum absolute atomic E-state index is 11.3. The molecule has 0 aliphatic carbocycles. The molecule has 1 unspecified atom stereocenters. The van der Waals surface area contributed by atoms with Gasteiger partial charge in [-0.3, -0.25) is 0 Å². The Morgan fingerprint density at radius 1 is 1.27 bits per heavy atom. The molecule has 1 aromatic carbocycles. The van der Waals surface area contributed by atoms with E-state index in [4.69, 9.17) is 4.74 Å². The highest BCUT2D eigenvalue weighted by molar-refractivity contribution is 7.44. The lowest BCUT2D eigenvalue weighted by Crippen LogP contribution is -1.93. The molecule has 0 spiro atoms. The van der Waals surface area contributed by atoms with Gasteiger partial charge < -0.3 is 9.53 Å². The first-order chi connectivity index (χ1) is 7.33. The lowest BCUT2D eigenvalue weighted by molar-refractivity contribution is -0.107. The number of aldehydes is 1. The van der Waals surface area contributed by atoms with E-state index in [0.29, 0.717) is 19.2 Å². The Bertz CT molecular complexity index is 311. The number of ether oxygens (including phenoxy) is 1. The van der Waals surface area contributed by atoms with Crippen LogP contribution >= 0.6 is 7.80 Å². The minimum Gasteiger partial charge on any atom is -0.333 e. The molecule has 0 saturated carbocycles. The summed E-state index contributed by atoms with van der Waals surface area (Å²) in [5, 5.41) is 0. The summed E-state index contributed by atoms with van der Waals surface area (Å²) in [7, 11) is -1.39. The van der Waals surface area contributed by atoms with Crippen LogP contribution in [0.25, 0.3) is 0 Å². The Morgan fingerprint density at radius 3 is 2.67 bits per heavy atom. The van der Waals surface area contributed by atoms with Gasteiger partial charge in [0.15, 0.2) is 6.16 Å². The molecule has 0 heterocycles. The molecule has 0 saturated heterocycles. The zero-order valence-electron chi connectivity index (χ0n) is 8.46. The van der Waals surface area contributed by atoms with Gasteiger partial charge in [-0.1, -0.05) is 34.9 Å². The van der Waals surface area contributed by atoms with E-state index in [1.165, 1.54) is 0 Å². The van der Waals surface area contributed by atoms with Crippen molar-refractivity contribution in [2.45, 2.75) is 13.0 Å². The lowest BCUT2D eigenvalue weighted by Gasteiger charge is -1.97. The summed E-state index contributed by atoms with van der Waals surface area (Å²) >= 11 is 0. The van der Waals surface area contributed by atoms with E-state index in [-0.39, 0.29) is 6.35 Å². The monoisotopic (exact) mass is 225 g/mol. The van der Waals surface area contributed by atoms with E-state index in [2.05, 4.69) is 0 Å². The highest BCUT2D eigenvalue weighted by Crippen LogP contribution is 2.21. The molecule has 0 aromatic heterocycles. The zero-order chi connectivity index (χ0) is 10.9. The number of hydrogen-bond donors (Lipinski definition) is 0. The highest BCUT2D eigenvalue weighted by atomic mass is 31.1. The molecule has 1 rings (SSSR count). The van der Waals surface area contributed by atoms with Crippen molar-refractivity contribution in [2.75, 3.05) is 12.5 Å². The molecule has 1 atom stereocenters. The van der Waals surface area contributed by atoms with E-state index in [1.54, 1.807) is 0 Å². The molecule has 15 heavy (non-hydrogen) atoms. The summed E-state index contributed by atoms with van der Waals surface area (Å²) in [5.74, 6) is 0. The molecule has 1 aromatic rings. The van der Waals surface area contributed by atoms with Crippen LogP contribution in [-0.2, 0) is 20.7 Å². The maximum Gasteiger partial charge on any atom is 0.367 e. The lowest BCUT2D eigenvalue weighted by atomic mass is 10.2. The predicted octanol–water partition coefficient (Wildman–Crippen LogP) is 2.58. The second-order valence-electron chi connectivity index (χ2n) is 3.12. The zero-order valence-corrected chi connectivity index (χ0v) is 9.36. The molecule has 4 heteroatoms. The van der Waals surface area contributed by atoms with E-state index >= 15 is 0 Å². The molecule has 0 aliphatic heterocycles. The normalized spacial score (nSPS) is 11.1. The van der Waals surface area contributed by atoms with Crippen LogP contribution in [0, 0.1) is 0 Å². The van der Waals surface area contributed by atoms with Gasteiger partial charge in [-0.2, -0.15) is 0 Å². The quantitative estimate of drug-likeness (QED) is 0.529. The van der Waals surface area contributed by atoms with Crippen LogP contribution in [0.3, 0.4) is 0 Å². The van der Waals surface area contributed by atoms with Crippen molar-refractivity contribution < 1.29 is 14.1 Å². The van der Waals surface area contributed by atoms with Crippen molar-refractivity contribution in [3.05, 3.63) is 35.9 Å². The van der Waals surface area contributed by atoms with Crippen molar-refractivity contribution in [1.82, 2.24) is 0 Å². The first-order valence-corrected chi connectivity index (χ1v) is 6.43. The van der Waals surface area contributed by atoms with Crippen LogP contribution in [0.2, 0.25) is 0 Å². The Labute approximate surface area is 90.2 Å². The van der Waals surface area contributed by atoms with Gasteiger partial charge in [0.05, 0.1) is 6.61 Å². The van der Waals surface area contributed by atoms with Gasteiger partial charge in [0.2, 0.25) is 6.35 Å². The predicted molar refractivity (Wildman–Crippen MR) is 59.3 cm³/mol. The standard InChI is InChI=1S/C11H14O3P/c12-7-4-8-15(13)10-14-9-11-5-2-1-3-6-11/h1-3,5-7H,4,8-10H2/q+1. The Hall–Kier alpha value is -1.05. The van der Waals surface area contributed by atoms with Crippen molar-refractivity contribution in [3.8, 4) is 0 Å². The summed E-state index contributed by atoms with van der Waals surface area (Å²) in [6.45, 7) is 0.475. The first kappa shape index (κ1) is 12.0. The number of carbonyl (C=O) groups is 1.